The van der Waals surface area contributed by atoms with Crippen molar-refractivity contribution in [1.29, 1.82) is 0 Å². The maximum atomic E-state index is 2.55. The normalized spacial score (nSPS) is 30.2. The van der Waals surface area contributed by atoms with Crippen LogP contribution >= 0.6 is 0 Å². The molecule has 0 heterocycles. The standard InChI is InChI=1S/C25H50/c1-12-24(13-16(4)18(6)15(2)3)22(10)20(8)19(7)21(9)23(11)25-14-17(25)5/h15-25H,12-14H2,1-11H3. The Morgan fingerprint density at radius 2 is 1.20 bits per heavy atom. The summed E-state index contributed by atoms with van der Waals surface area (Å²) in [6.45, 7) is 27.3. The van der Waals surface area contributed by atoms with Gasteiger partial charge in [-0.1, -0.05) is 82.6 Å². The monoisotopic (exact) mass is 350 g/mol. The van der Waals surface area contributed by atoms with Gasteiger partial charge < -0.3 is 0 Å². The van der Waals surface area contributed by atoms with Gasteiger partial charge in [-0.15, -0.1) is 0 Å². The molecule has 0 bridgehead atoms. The van der Waals surface area contributed by atoms with Crippen LogP contribution in [0.5, 0.6) is 0 Å². The van der Waals surface area contributed by atoms with Crippen LogP contribution in [-0.2, 0) is 0 Å². The van der Waals surface area contributed by atoms with Crippen LogP contribution in [0.25, 0.3) is 0 Å². The highest BCUT2D eigenvalue weighted by Gasteiger charge is 2.41. The molecule has 150 valence electrons. The Morgan fingerprint density at radius 3 is 1.60 bits per heavy atom. The van der Waals surface area contributed by atoms with E-state index in [1.807, 2.05) is 0 Å². The highest BCUT2D eigenvalue weighted by molar-refractivity contribution is 4.90. The number of rotatable bonds is 11. The average Bonchev–Trinajstić information content (AvgIpc) is 3.31. The SMILES string of the molecule is CCC(CC(C)C(C)C(C)C)C(C)C(C)C(C)C(C)C(C)C1CC1C. The molecule has 0 amide bonds. The van der Waals surface area contributed by atoms with E-state index in [9.17, 15) is 0 Å². The molecule has 1 saturated carbocycles. The summed E-state index contributed by atoms with van der Waals surface area (Å²) in [6, 6.07) is 0. The molecular weight excluding hydrogens is 300 g/mol. The van der Waals surface area contributed by atoms with Crippen molar-refractivity contribution in [3.8, 4) is 0 Å². The second kappa shape index (κ2) is 9.80. The van der Waals surface area contributed by atoms with Crippen LogP contribution in [0.15, 0.2) is 0 Å². The molecule has 0 radical (unpaired) electrons. The van der Waals surface area contributed by atoms with Crippen LogP contribution < -0.4 is 0 Å². The van der Waals surface area contributed by atoms with E-state index in [2.05, 4.69) is 76.2 Å². The van der Waals surface area contributed by atoms with E-state index in [0.717, 1.165) is 65.1 Å². The van der Waals surface area contributed by atoms with Gasteiger partial charge in [-0.3, -0.25) is 0 Å². The summed E-state index contributed by atoms with van der Waals surface area (Å²) in [5, 5.41) is 0. The fraction of sp³-hybridized carbons (Fsp3) is 1.00. The molecule has 0 aliphatic heterocycles. The number of hydrogen-bond acceptors (Lipinski definition) is 0. The van der Waals surface area contributed by atoms with E-state index in [0.29, 0.717) is 0 Å². The third-order valence-electron chi connectivity index (χ3n) is 9.06. The Labute approximate surface area is 160 Å². The first kappa shape index (κ1) is 23.0. The van der Waals surface area contributed by atoms with Gasteiger partial charge in [-0.05, 0) is 77.9 Å². The highest BCUT2D eigenvalue weighted by atomic mass is 14.5. The molecule has 0 aromatic carbocycles. The van der Waals surface area contributed by atoms with E-state index in [4.69, 9.17) is 0 Å². The van der Waals surface area contributed by atoms with Gasteiger partial charge in [0.1, 0.15) is 0 Å². The topological polar surface area (TPSA) is 0 Å². The minimum Gasteiger partial charge on any atom is -0.0651 e. The van der Waals surface area contributed by atoms with Crippen LogP contribution in [0.4, 0.5) is 0 Å². The summed E-state index contributed by atoms with van der Waals surface area (Å²) in [5.74, 6) is 9.64. The smallest absolute Gasteiger partial charge is 0.0357 e. The molecule has 10 unspecified atom stereocenters. The lowest BCUT2D eigenvalue weighted by Gasteiger charge is -2.38. The fourth-order valence-corrected chi connectivity index (χ4v) is 5.44. The van der Waals surface area contributed by atoms with E-state index in [-0.39, 0.29) is 0 Å². The second-order valence-electron chi connectivity index (χ2n) is 10.7. The zero-order valence-electron chi connectivity index (χ0n) is 19.5. The summed E-state index contributed by atoms with van der Waals surface area (Å²) in [7, 11) is 0. The highest BCUT2D eigenvalue weighted by Crippen LogP contribution is 2.49. The second-order valence-corrected chi connectivity index (χ2v) is 10.7. The van der Waals surface area contributed by atoms with Crippen LogP contribution in [0.2, 0.25) is 0 Å². The minimum atomic E-state index is 0.806. The van der Waals surface area contributed by atoms with Crippen LogP contribution in [0.3, 0.4) is 0 Å². The molecular formula is C25H50. The predicted molar refractivity (Wildman–Crippen MR) is 115 cm³/mol. The molecule has 0 saturated heterocycles. The van der Waals surface area contributed by atoms with Crippen molar-refractivity contribution in [2.24, 2.45) is 65.1 Å². The maximum Gasteiger partial charge on any atom is -0.0357 e. The van der Waals surface area contributed by atoms with Crippen molar-refractivity contribution in [3.05, 3.63) is 0 Å². The lowest BCUT2D eigenvalue weighted by atomic mass is 9.67. The minimum absolute atomic E-state index is 0.806. The van der Waals surface area contributed by atoms with E-state index < -0.39 is 0 Å². The van der Waals surface area contributed by atoms with Crippen molar-refractivity contribution in [3.63, 3.8) is 0 Å². The summed E-state index contributed by atoms with van der Waals surface area (Å²) in [5.41, 5.74) is 0. The van der Waals surface area contributed by atoms with Gasteiger partial charge in [-0.2, -0.15) is 0 Å². The fourth-order valence-electron chi connectivity index (χ4n) is 5.44. The van der Waals surface area contributed by atoms with Gasteiger partial charge in [-0.25, -0.2) is 0 Å². The summed E-state index contributed by atoms with van der Waals surface area (Å²) in [6.07, 6.45) is 4.24. The zero-order valence-corrected chi connectivity index (χ0v) is 19.5. The first-order chi connectivity index (χ1) is 11.5. The molecule has 1 fully saturated rings. The Bertz CT molecular complexity index is 370. The molecule has 0 heteroatoms. The van der Waals surface area contributed by atoms with Crippen LogP contribution in [0.1, 0.15) is 95.4 Å². The molecule has 0 aromatic heterocycles. The van der Waals surface area contributed by atoms with Gasteiger partial charge >= 0.3 is 0 Å². The molecule has 25 heavy (non-hydrogen) atoms. The van der Waals surface area contributed by atoms with Gasteiger partial charge in [0.15, 0.2) is 0 Å². The Kier molecular flexibility index (Phi) is 9.03. The summed E-state index contributed by atoms with van der Waals surface area (Å²) < 4.78 is 0. The number of hydrogen-bond donors (Lipinski definition) is 0. The van der Waals surface area contributed by atoms with E-state index in [1.54, 1.807) is 0 Å². The average molecular weight is 351 g/mol. The predicted octanol–water partition coefficient (Wildman–Crippen LogP) is 8.17. The van der Waals surface area contributed by atoms with E-state index in [1.165, 1.54) is 19.3 Å². The quantitative estimate of drug-likeness (QED) is 0.352. The molecule has 1 aliphatic rings. The Morgan fingerprint density at radius 1 is 0.720 bits per heavy atom. The van der Waals surface area contributed by atoms with Crippen LogP contribution in [0, 0.1) is 65.1 Å². The van der Waals surface area contributed by atoms with E-state index >= 15 is 0 Å². The molecule has 0 spiro atoms. The first-order valence-corrected chi connectivity index (χ1v) is 11.5. The lowest BCUT2D eigenvalue weighted by Crippen LogP contribution is -2.31. The van der Waals surface area contributed by atoms with Crippen molar-refractivity contribution in [2.45, 2.75) is 95.4 Å². The summed E-state index contributed by atoms with van der Waals surface area (Å²) >= 11 is 0. The third kappa shape index (κ3) is 6.00. The first-order valence-electron chi connectivity index (χ1n) is 11.5. The van der Waals surface area contributed by atoms with Crippen molar-refractivity contribution in [2.75, 3.05) is 0 Å². The molecule has 0 N–H and O–H groups in total. The molecule has 1 rings (SSSR count). The largest absolute Gasteiger partial charge is 0.0651 e. The van der Waals surface area contributed by atoms with Crippen molar-refractivity contribution < 1.29 is 0 Å². The van der Waals surface area contributed by atoms with Crippen LogP contribution in [-0.4, -0.2) is 0 Å². The van der Waals surface area contributed by atoms with Gasteiger partial charge in [0.05, 0.1) is 0 Å². The van der Waals surface area contributed by atoms with Gasteiger partial charge in [0.2, 0.25) is 0 Å². The third-order valence-corrected chi connectivity index (χ3v) is 9.06. The molecule has 0 aromatic rings. The summed E-state index contributed by atoms with van der Waals surface area (Å²) in [4.78, 5) is 0. The maximum absolute atomic E-state index is 2.55. The Balaban J connectivity index is 2.65. The molecule has 10 atom stereocenters. The Hall–Kier alpha value is 0. The molecule has 1 aliphatic carbocycles. The van der Waals surface area contributed by atoms with Gasteiger partial charge in [0.25, 0.3) is 0 Å². The van der Waals surface area contributed by atoms with Crippen molar-refractivity contribution in [1.82, 2.24) is 0 Å². The van der Waals surface area contributed by atoms with Gasteiger partial charge in [0, 0.05) is 0 Å². The van der Waals surface area contributed by atoms with Crippen molar-refractivity contribution >= 4 is 0 Å². The molecule has 0 nitrogen and oxygen atoms in total. The lowest BCUT2D eigenvalue weighted by molar-refractivity contribution is 0.105. The zero-order chi connectivity index (χ0) is 19.5.